The number of hydrogen-bond donors (Lipinski definition) is 0. The number of amides is 1. The molecule has 22 heavy (non-hydrogen) atoms. The fraction of sp³-hybridized carbons (Fsp3) is 0.375. The van der Waals surface area contributed by atoms with Crippen molar-refractivity contribution in [2.75, 3.05) is 33.4 Å². The number of ether oxygens (including phenoxy) is 2. The van der Waals surface area contributed by atoms with E-state index in [1.165, 1.54) is 4.57 Å². The maximum absolute atomic E-state index is 12.7. The zero-order chi connectivity index (χ0) is 15.7. The number of morpholine rings is 1. The van der Waals surface area contributed by atoms with Gasteiger partial charge >= 0.3 is 0 Å². The lowest BCUT2D eigenvalue weighted by Gasteiger charge is -2.27. The molecule has 0 saturated carbocycles. The van der Waals surface area contributed by atoms with Gasteiger partial charge in [0.15, 0.2) is 0 Å². The summed E-state index contributed by atoms with van der Waals surface area (Å²) in [6.07, 6.45) is 0. The van der Waals surface area contributed by atoms with E-state index in [1.807, 2.05) is 0 Å². The number of carbonyl (C=O) groups excluding carboxylic acids is 1. The zero-order valence-electron chi connectivity index (χ0n) is 12.7. The van der Waals surface area contributed by atoms with Crippen molar-refractivity contribution in [1.82, 2.24) is 9.47 Å². The standard InChI is InChI=1S/C16H18N2O4/c1-17-14(16(20)18-5-7-22-8-6-18)10-11-9-12(21-2)3-4-13(11)15(17)19/h3-4,9-10H,5-8H2,1-2H3. The second-order valence-electron chi connectivity index (χ2n) is 5.25. The third kappa shape index (κ3) is 2.46. The number of pyridine rings is 1. The lowest BCUT2D eigenvalue weighted by molar-refractivity contribution is 0.0296. The molecule has 6 heteroatoms. The molecule has 1 aliphatic rings. The minimum atomic E-state index is -0.184. The quantitative estimate of drug-likeness (QED) is 0.831. The van der Waals surface area contributed by atoms with Gasteiger partial charge in [-0.2, -0.15) is 0 Å². The summed E-state index contributed by atoms with van der Waals surface area (Å²) in [5, 5.41) is 1.28. The smallest absolute Gasteiger partial charge is 0.270 e. The van der Waals surface area contributed by atoms with Crippen LogP contribution in [0.1, 0.15) is 10.5 Å². The Kier molecular flexibility index (Phi) is 3.85. The van der Waals surface area contributed by atoms with Crippen LogP contribution in [0.25, 0.3) is 10.8 Å². The van der Waals surface area contributed by atoms with Crippen molar-refractivity contribution < 1.29 is 14.3 Å². The van der Waals surface area contributed by atoms with Crippen LogP contribution in [0.3, 0.4) is 0 Å². The molecule has 1 aromatic heterocycles. The minimum absolute atomic E-state index is 0.146. The fourth-order valence-electron chi connectivity index (χ4n) is 2.65. The van der Waals surface area contributed by atoms with Crippen LogP contribution in [0, 0.1) is 0 Å². The van der Waals surface area contributed by atoms with E-state index >= 15 is 0 Å². The summed E-state index contributed by atoms with van der Waals surface area (Å²) < 4.78 is 11.9. The maximum Gasteiger partial charge on any atom is 0.270 e. The van der Waals surface area contributed by atoms with Crippen molar-refractivity contribution in [3.8, 4) is 5.75 Å². The van der Waals surface area contributed by atoms with Gasteiger partial charge in [0.05, 0.1) is 20.3 Å². The summed E-state index contributed by atoms with van der Waals surface area (Å²) in [5.41, 5.74) is 0.199. The van der Waals surface area contributed by atoms with Crippen molar-refractivity contribution in [1.29, 1.82) is 0 Å². The molecule has 1 fully saturated rings. The molecular weight excluding hydrogens is 284 g/mol. The molecule has 0 radical (unpaired) electrons. The third-order valence-electron chi connectivity index (χ3n) is 3.96. The molecule has 0 atom stereocenters. The topological polar surface area (TPSA) is 60.8 Å². The number of nitrogens with zero attached hydrogens (tertiary/aromatic N) is 2. The van der Waals surface area contributed by atoms with E-state index in [-0.39, 0.29) is 11.5 Å². The Morgan fingerprint density at radius 1 is 1.23 bits per heavy atom. The van der Waals surface area contributed by atoms with Crippen LogP contribution < -0.4 is 10.3 Å². The van der Waals surface area contributed by atoms with E-state index < -0.39 is 0 Å². The second kappa shape index (κ2) is 5.81. The van der Waals surface area contributed by atoms with Gasteiger partial charge in [-0.3, -0.25) is 9.59 Å². The second-order valence-corrected chi connectivity index (χ2v) is 5.25. The van der Waals surface area contributed by atoms with Gasteiger partial charge in [-0.05, 0) is 29.7 Å². The SMILES string of the molecule is COc1ccc2c(=O)n(C)c(C(=O)N3CCOCC3)cc2c1. The molecule has 1 aromatic carbocycles. The number of methoxy groups -OCH3 is 1. The highest BCUT2D eigenvalue weighted by Gasteiger charge is 2.21. The van der Waals surface area contributed by atoms with Crippen LogP contribution >= 0.6 is 0 Å². The summed E-state index contributed by atoms with van der Waals surface area (Å²) in [6.45, 7) is 2.15. The van der Waals surface area contributed by atoms with E-state index in [1.54, 1.807) is 43.3 Å². The molecule has 0 aliphatic carbocycles. The number of aromatic nitrogens is 1. The number of benzene rings is 1. The number of hydrogen-bond acceptors (Lipinski definition) is 4. The highest BCUT2D eigenvalue weighted by Crippen LogP contribution is 2.20. The average Bonchev–Trinajstić information content (AvgIpc) is 2.57. The first-order chi connectivity index (χ1) is 10.6. The van der Waals surface area contributed by atoms with Gasteiger partial charge in [0.1, 0.15) is 11.4 Å². The van der Waals surface area contributed by atoms with Gasteiger partial charge in [-0.15, -0.1) is 0 Å². The molecule has 0 spiro atoms. The Hall–Kier alpha value is -2.34. The van der Waals surface area contributed by atoms with E-state index in [2.05, 4.69) is 0 Å². The summed E-state index contributed by atoms with van der Waals surface area (Å²) >= 11 is 0. The van der Waals surface area contributed by atoms with E-state index in [4.69, 9.17) is 9.47 Å². The lowest BCUT2D eigenvalue weighted by atomic mass is 10.1. The van der Waals surface area contributed by atoms with Crippen molar-refractivity contribution in [3.05, 3.63) is 40.3 Å². The van der Waals surface area contributed by atoms with Crippen LogP contribution in [0.2, 0.25) is 0 Å². The van der Waals surface area contributed by atoms with Crippen molar-refractivity contribution in [2.45, 2.75) is 0 Å². The Labute approximate surface area is 127 Å². The van der Waals surface area contributed by atoms with Gasteiger partial charge < -0.3 is 18.9 Å². The summed E-state index contributed by atoms with van der Waals surface area (Å²) in [6, 6.07) is 6.98. The number of rotatable bonds is 2. The normalized spacial score (nSPS) is 15.1. The van der Waals surface area contributed by atoms with Gasteiger partial charge in [0, 0.05) is 25.5 Å². The average molecular weight is 302 g/mol. The molecular formula is C16H18N2O4. The molecule has 2 aromatic rings. The third-order valence-corrected chi connectivity index (χ3v) is 3.96. The van der Waals surface area contributed by atoms with Crippen LogP contribution in [0.4, 0.5) is 0 Å². The van der Waals surface area contributed by atoms with E-state index in [9.17, 15) is 9.59 Å². The monoisotopic (exact) mass is 302 g/mol. The predicted octanol–water partition coefficient (Wildman–Crippen LogP) is 1.02. The highest BCUT2D eigenvalue weighted by atomic mass is 16.5. The molecule has 3 rings (SSSR count). The first-order valence-corrected chi connectivity index (χ1v) is 7.16. The Bertz CT molecular complexity index is 776. The van der Waals surface area contributed by atoms with Gasteiger partial charge in [-0.1, -0.05) is 0 Å². The summed E-state index contributed by atoms with van der Waals surface area (Å²) in [4.78, 5) is 26.8. The maximum atomic E-state index is 12.7. The Morgan fingerprint density at radius 2 is 1.95 bits per heavy atom. The van der Waals surface area contributed by atoms with Crippen LogP contribution in [-0.2, 0) is 11.8 Å². The molecule has 1 saturated heterocycles. The van der Waals surface area contributed by atoms with Crippen molar-refractivity contribution in [3.63, 3.8) is 0 Å². The first-order valence-electron chi connectivity index (χ1n) is 7.16. The van der Waals surface area contributed by atoms with Crippen LogP contribution in [0.5, 0.6) is 5.75 Å². The molecule has 0 unspecified atom stereocenters. The highest BCUT2D eigenvalue weighted by molar-refractivity contribution is 5.97. The number of carbonyl (C=O) groups is 1. The molecule has 1 aliphatic heterocycles. The van der Waals surface area contributed by atoms with Crippen LogP contribution in [-0.4, -0.2) is 48.8 Å². The van der Waals surface area contributed by atoms with Gasteiger partial charge in [0.25, 0.3) is 11.5 Å². The Morgan fingerprint density at radius 3 is 2.64 bits per heavy atom. The zero-order valence-corrected chi connectivity index (χ0v) is 12.7. The molecule has 2 heterocycles. The molecule has 0 N–H and O–H groups in total. The molecule has 0 bridgehead atoms. The van der Waals surface area contributed by atoms with Gasteiger partial charge in [0.2, 0.25) is 0 Å². The van der Waals surface area contributed by atoms with E-state index in [0.717, 1.165) is 0 Å². The fourth-order valence-corrected chi connectivity index (χ4v) is 2.65. The molecule has 6 nitrogen and oxygen atoms in total. The van der Waals surface area contributed by atoms with Crippen molar-refractivity contribution >= 4 is 16.7 Å². The lowest BCUT2D eigenvalue weighted by Crippen LogP contribution is -2.42. The minimum Gasteiger partial charge on any atom is -0.497 e. The summed E-state index contributed by atoms with van der Waals surface area (Å²) in [7, 11) is 3.20. The first kappa shape index (κ1) is 14.6. The van der Waals surface area contributed by atoms with Crippen LogP contribution in [0.15, 0.2) is 29.1 Å². The Balaban J connectivity index is 2.10. The number of fused-ring (bicyclic) bond motifs is 1. The summed E-state index contributed by atoms with van der Waals surface area (Å²) in [5.74, 6) is 0.512. The molecule has 116 valence electrons. The molecule has 1 amide bonds. The van der Waals surface area contributed by atoms with Crippen molar-refractivity contribution in [2.24, 2.45) is 7.05 Å². The van der Waals surface area contributed by atoms with E-state index in [0.29, 0.717) is 48.5 Å². The predicted molar refractivity (Wildman–Crippen MR) is 82.5 cm³/mol. The van der Waals surface area contributed by atoms with Gasteiger partial charge in [-0.25, -0.2) is 0 Å². The largest absolute Gasteiger partial charge is 0.497 e.